The number of phosphoric ester groups is 1. The molecule has 1 saturated carbocycles. The zero-order chi connectivity index (χ0) is 56.3. The Morgan fingerprint density at radius 3 is 2.50 bits per heavy atom. The standard InChI is InChI=1S/C55H69N6O14P3/c1-8-61-46-30-45-43(29-42(46)34(2)31-54(61,3)4)48(44-28-36-16-12-25-59-26-13-19-41(50(36)59)49(44)55(45,5)6)39-17-9-10-18-40(39)52(64)58(7)24-14-20-47(62)56-23-11-15-37-32-60(53(65)57-51(37)63)38-22-21-35(27-38)33-73-77(69,70)75-78(71,72)74-76(66,67)68/h9-12,15-18,28-30,32,34-35,38H,8,13-14,19-27,31,33H2,1-7H3,(H5-,56,57,62,63,65,66,67,68,69,70,71,72)/p+1/b15-11+/t34?,35-,38+/m1/s1. The first-order chi connectivity index (χ1) is 36.7. The normalized spacial score (nSPS) is 21.5. The van der Waals surface area contributed by atoms with Crippen molar-refractivity contribution in [3.05, 3.63) is 142 Å². The van der Waals surface area contributed by atoms with Crippen molar-refractivity contribution in [1.82, 2.24) is 24.3 Å². The summed E-state index contributed by atoms with van der Waals surface area (Å²) in [5.41, 5.74) is 9.95. The van der Waals surface area contributed by atoms with Crippen LogP contribution in [0.2, 0.25) is 0 Å². The first kappa shape index (κ1) is 57.3. The summed E-state index contributed by atoms with van der Waals surface area (Å²) < 4.78 is 51.0. The van der Waals surface area contributed by atoms with E-state index in [0.29, 0.717) is 37.3 Å². The zero-order valence-electron chi connectivity index (χ0n) is 45.1. The number of amides is 2. The maximum absolute atomic E-state index is 14.8. The minimum absolute atomic E-state index is 0.0116. The lowest BCUT2D eigenvalue weighted by molar-refractivity contribution is -0.121. The fraction of sp³-hybridized carbons (Fsp3) is 0.473. The molecule has 0 spiro atoms. The molecule has 2 aliphatic carbocycles. The van der Waals surface area contributed by atoms with E-state index in [1.165, 1.54) is 60.9 Å². The highest BCUT2D eigenvalue weighted by Crippen LogP contribution is 2.66. The molecule has 5 aliphatic rings. The van der Waals surface area contributed by atoms with Crippen molar-refractivity contribution in [3.63, 3.8) is 0 Å². The molecule has 0 radical (unpaired) electrons. The molecule has 6 N–H and O–H groups in total. The van der Waals surface area contributed by atoms with Gasteiger partial charge in [-0.25, -0.2) is 23.1 Å². The number of nitrogens with zero attached hydrogens (tertiary/aromatic N) is 4. The first-order valence-corrected chi connectivity index (χ1v) is 31.1. The number of fused-ring (bicyclic) bond motifs is 4. The van der Waals surface area contributed by atoms with E-state index in [9.17, 15) is 42.7 Å². The summed E-state index contributed by atoms with van der Waals surface area (Å²) in [5.74, 6) is -0.538. The summed E-state index contributed by atoms with van der Waals surface area (Å²) in [6.45, 7) is 16.7. The number of carbonyl (C=O) groups is 2. The maximum Gasteiger partial charge on any atom is 0.490 e. The Hall–Kier alpha value is -5.36. The number of phosphoric acid groups is 3. The van der Waals surface area contributed by atoms with Gasteiger partial charge in [-0.1, -0.05) is 51.1 Å². The number of hydrogen-bond donors (Lipinski definition) is 6. The average Bonchev–Trinajstić information content (AvgIpc) is 3.96. The Morgan fingerprint density at radius 2 is 1.76 bits per heavy atom. The molecule has 418 valence electrons. The van der Waals surface area contributed by atoms with Crippen LogP contribution in [0.5, 0.6) is 0 Å². The second-order valence-electron chi connectivity index (χ2n) is 22.3. The molecule has 3 aromatic carbocycles. The molecule has 3 unspecified atom stereocenters. The second kappa shape index (κ2) is 21.9. The highest BCUT2D eigenvalue weighted by atomic mass is 31.3. The van der Waals surface area contributed by atoms with E-state index in [4.69, 9.17) is 14.3 Å². The van der Waals surface area contributed by atoms with Crippen LogP contribution >= 0.6 is 23.5 Å². The third-order valence-corrected chi connectivity index (χ3v) is 19.9. The number of aromatic amines is 1. The number of carbonyl (C=O) groups excluding carboxylic acids is 2. The van der Waals surface area contributed by atoms with E-state index in [2.05, 4.69) is 106 Å². The quantitative estimate of drug-likeness (QED) is 0.0467. The maximum atomic E-state index is 14.8. The SMILES string of the molecule is CCN1c2cc3c(cc2C(C)CC1(C)C)C(c1ccccc1C(=O)N(C)CCCC(=O)NC/C=C/c1cn([C@H]2CC[C@@H](COP(=O)(O)OP(=O)(O)OP(=O)(O)O)C2)c(=O)[nH]c1=O)=c1cc2c4c(c1C3(C)C)CCC[N+]=4CC=C2. The number of rotatable bonds is 18. The predicted molar refractivity (Wildman–Crippen MR) is 297 cm³/mol. The van der Waals surface area contributed by atoms with Crippen LogP contribution in [0.15, 0.2) is 70.4 Å². The topological polar surface area (TPSA) is 270 Å². The minimum Gasteiger partial charge on any atom is -0.366 e. The minimum atomic E-state index is -5.67. The summed E-state index contributed by atoms with van der Waals surface area (Å²) in [5, 5.41) is 5.34. The van der Waals surface area contributed by atoms with Crippen molar-refractivity contribution in [1.29, 1.82) is 0 Å². The van der Waals surface area contributed by atoms with Crippen molar-refractivity contribution < 1.29 is 56.0 Å². The van der Waals surface area contributed by atoms with Crippen LogP contribution in [0.25, 0.3) is 17.7 Å². The number of hydrogen-bond acceptors (Lipinski definition) is 11. The van der Waals surface area contributed by atoms with E-state index in [1.807, 2.05) is 18.2 Å². The Kier molecular flexibility index (Phi) is 16.1. The number of H-pyrrole nitrogens is 1. The molecule has 1 fully saturated rings. The molecule has 23 heteroatoms. The van der Waals surface area contributed by atoms with E-state index in [1.54, 1.807) is 18.0 Å². The highest BCUT2D eigenvalue weighted by molar-refractivity contribution is 7.66. The van der Waals surface area contributed by atoms with E-state index in [0.717, 1.165) is 55.6 Å². The molecule has 0 saturated heterocycles. The van der Waals surface area contributed by atoms with Crippen LogP contribution in [0.3, 0.4) is 0 Å². The molecule has 78 heavy (non-hydrogen) atoms. The lowest BCUT2D eigenvalue weighted by Gasteiger charge is -2.48. The zero-order valence-corrected chi connectivity index (χ0v) is 47.7. The van der Waals surface area contributed by atoms with Crippen LogP contribution in [0.1, 0.15) is 153 Å². The number of nitrogens with one attached hydrogen (secondary N) is 2. The monoisotopic (exact) mass is 1130 g/mol. The molecule has 5 atom stereocenters. The van der Waals surface area contributed by atoms with Gasteiger partial charge in [0.05, 0.1) is 12.2 Å². The van der Waals surface area contributed by atoms with Gasteiger partial charge in [-0.3, -0.25) is 28.5 Å². The molecule has 20 nitrogen and oxygen atoms in total. The van der Waals surface area contributed by atoms with Gasteiger partial charge in [0.2, 0.25) is 11.3 Å². The van der Waals surface area contributed by atoms with Gasteiger partial charge in [-0.05, 0) is 146 Å². The number of benzene rings is 3. The summed E-state index contributed by atoms with van der Waals surface area (Å²) in [6, 6.07) is 14.7. The fourth-order valence-electron chi connectivity index (χ4n) is 12.8. The van der Waals surface area contributed by atoms with Gasteiger partial charge in [-0.2, -0.15) is 8.62 Å². The summed E-state index contributed by atoms with van der Waals surface area (Å²) in [7, 11) is -14.8. The van der Waals surface area contributed by atoms with Crippen LogP contribution in [0.4, 0.5) is 5.69 Å². The smallest absolute Gasteiger partial charge is 0.366 e. The van der Waals surface area contributed by atoms with Gasteiger partial charge in [0.25, 0.3) is 11.5 Å². The molecule has 9 rings (SSSR count). The molecule has 4 heterocycles. The van der Waals surface area contributed by atoms with Crippen LogP contribution in [-0.2, 0) is 43.5 Å². The Bertz CT molecular complexity index is 3560. The highest BCUT2D eigenvalue weighted by Gasteiger charge is 2.44. The average molecular weight is 1130 g/mol. The van der Waals surface area contributed by atoms with E-state index < -0.39 is 53.3 Å². The molecule has 4 aromatic rings. The fourth-order valence-corrected chi connectivity index (χ4v) is 15.9. The van der Waals surface area contributed by atoms with Crippen molar-refractivity contribution in [2.75, 3.05) is 51.3 Å². The Balaban J connectivity index is 0.879. The second-order valence-corrected chi connectivity index (χ2v) is 26.8. The number of anilines is 1. The molecule has 3 aliphatic heterocycles. The molecule has 1 aromatic heterocycles. The summed E-state index contributed by atoms with van der Waals surface area (Å²) in [4.78, 5) is 96.8. The van der Waals surface area contributed by atoms with Gasteiger partial charge >= 0.3 is 29.2 Å². The van der Waals surface area contributed by atoms with Crippen molar-refractivity contribution in [3.8, 4) is 0 Å². The van der Waals surface area contributed by atoms with Crippen LogP contribution < -0.4 is 36.6 Å². The van der Waals surface area contributed by atoms with Gasteiger partial charge in [-0.15, -0.1) is 0 Å². The molecule has 0 bridgehead atoms. The van der Waals surface area contributed by atoms with Gasteiger partial charge in [0.15, 0.2) is 6.54 Å². The molecular formula is C55H70N6O14P3+. The third kappa shape index (κ3) is 11.8. The summed E-state index contributed by atoms with van der Waals surface area (Å²) >= 11 is 0. The van der Waals surface area contributed by atoms with E-state index in [-0.39, 0.29) is 47.7 Å². The predicted octanol–water partition coefficient (Wildman–Crippen LogP) is 6.37. The largest absolute Gasteiger partial charge is 0.490 e. The lowest BCUT2D eigenvalue weighted by atomic mass is 9.65. The number of aromatic nitrogens is 2. The van der Waals surface area contributed by atoms with Gasteiger partial charge in [0, 0.05) is 85.1 Å². The van der Waals surface area contributed by atoms with Gasteiger partial charge in [0.1, 0.15) is 6.54 Å². The molecular weight excluding hydrogens is 1060 g/mol. The van der Waals surface area contributed by atoms with Gasteiger partial charge < -0.3 is 34.7 Å². The van der Waals surface area contributed by atoms with Crippen molar-refractivity contribution in [2.45, 2.75) is 116 Å². The van der Waals surface area contributed by atoms with Crippen molar-refractivity contribution >= 4 is 58.7 Å². The Morgan fingerprint density at radius 1 is 1.00 bits per heavy atom. The molecule has 2 amide bonds. The first-order valence-electron chi connectivity index (χ1n) is 26.6. The van der Waals surface area contributed by atoms with Crippen LogP contribution in [0, 0.1) is 5.92 Å². The van der Waals surface area contributed by atoms with Crippen molar-refractivity contribution in [2.24, 2.45) is 5.92 Å². The Labute approximate surface area is 452 Å². The third-order valence-electron chi connectivity index (χ3n) is 16.1. The van der Waals surface area contributed by atoms with E-state index >= 15 is 0 Å². The van der Waals surface area contributed by atoms with Crippen LogP contribution in [-0.4, -0.2) is 97.8 Å². The summed E-state index contributed by atoms with van der Waals surface area (Å²) in [6.07, 6.45) is 13.5. The lowest BCUT2D eigenvalue weighted by Crippen LogP contribution is -2.49.